The summed E-state index contributed by atoms with van der Waals surface area (Å²) >= 11 is 0. The molecule has 0 aromatic heterocycles. The third-order valence-electron chi connectivity index (χ3n) is 1.68. The predicted octanol–water partition coefficient (Wildman–Crippen LogP) is 2.05. The van der Waals surface area contributed by atoms with E-state index in [-0.39, 0.29) is 5.97 Å². The summed E-state index contributed by atoms with van der Waals surface area (Å²) in [6, 6.07) is 7.34. The molecule has 1 aromatic rings. The first kappa shape index (κ1) is 8.78. The van der Waals surface area contributed by atoms with Crippen LogP contribution in [-0.4, -0.2) is 13.1 Å². The van der Waals surface area contributed by atoms with E-state index < -0.39 is 0 Å². The zero-order valence-corrected chi connectivity index (χ0v) is 7.20. The lowest BCUT2D eigenvalue weighted by atomic mass is 10.1. The van der Waals surface area contributed by atoms with Gasteiger partial charge in [0.25, 0.3) is 0 Å². The summed E-state index contributed by atoms with van der Waals surface area (Å²) in [4.78, 5) is 11.2. The van der Waals surface area contributed by atoms with Crippen molar-refractivity contribution in [1.29, 1.82) is 0 Å². The molecule has 0 bridgehead atoms. The lowest BCUT2D eigenvalue weighted by molar-refractivity contribution is 0.0600. The van der Waals surface area contributed by atoms with Crippen molar-refractivity contribution in [2.45, 2.75) is 6.92 Å². The molecule has 1 radical (unpaired) electrons. The summed E-state index contributed by atoms with van der Waals surface area (Å²) in [5.74, 6) is -0.288. The van der Waals surface area contributed by atoms with Gasteiger partial charge < -0.3 is 4.74 Å². The number of carbonyl (C=O) groups is 1. The highest BCUT2D eigenvalue weighted by Crippen LogP contribution is 2.11. The van der Waals surface area contributed by atoms with Gasteiger partial charge in [-0.25, -0.2) is 4.79 Å². The maximum absolute atomic E-state index is 11.2. The van der Waals surface area contributed by atoms with Gasteiger partial charge >= 0.3 is 5.97 Å². The van der Waals surface area contributed by atoms with Crippen LogP contribution in [-0.2, 0) is 4.74 Å². The number of carbonyl (C=O) groups excluding carboxylic acids is 1. The van der Waals surface area contributed by atoms with Crippen molar-refractivity contribution in [1.82, 2.24) is 0 Å². The number of ether oxygens (including phenoxy) is 1. The molecule has 0 fully saturated rings. The third kappa shape index (κ3) is 1.64. The second-order valence-corrected chi connectivity index (χ2v) is 2.37. The van der Waals surface area contributed by atoms with E-state index in [0.29, 0.717) is 5.56 Å². The summed E-state index contributed by atoms with van der Waals surface area (Å²) < 4.78 is 4.62. The van der Waals surface area contributed by atoms with Gasteiger partial charge in [0.1, 0.15) is 0 Å². The Balaban J connectivity index is 3.04. The highest BCUT2D eigenvalue weighted by atomic mass is 16.5. The SMILES string of the molecule is C[CH]c1ccccc1C(=O)OC. The fourth-order valence-electron chi connectivity index (χ4n) is 1.04. The van der Waals surface area contributed by atoms with Crippen molar-refractivity contribution >= 4 is 5.97 Å². The average Bonchev–Trinajstić information content (AvgIpc) is 2.16. The van der Waals surface area contributed by atoms with Crippen LogP contribution in [0.4, 0.5) is 0 Å². The minimum atomic E-state index is -0.288. The van der Waals surface area contributed by atoms with E-state index >= 15 is 0 Å². The molecule has 0 aliphatic rings. The fraction of sp³-hybridized carbons (Fsp3) is 0.200. The number of hydrogen-bond donors (Lipinski definition) is 0. The molecule has 0 atom stereocenters. The van der Waals surface area contributed by atoms with Crippen molar-refractivity contribution in [3.05, 3.63) is 41.8 Å². The second-order valence-electron chi connectivity index (χ2n) is 2.37. The largest absolute Gasteiger partial charge is 0.465 e. The molecule has 1 rings (SSSR count). The highest BCUT2D eigenvalue weighted by Gasteiger charge is 2.08. The Bertz CT molecular complexity index is 279. The van der Waals surface area contributed by atoms with Crippen LogP contribution in [0.2, 0.25) is 0 Å². The Kier molecular flexibility index (Phi) is 2.86. The molecule has 0 saturated carbocycles. The molecule has 0 aliphatic heterocycles. The minimum absolute atomic E-state index is 0.288. The van der Waals surface area contributed by atoms with Crippen LogP contribution >= 0.6 is 0 Å². The van der Waals surface area contributed by atoms with Gasteiger partial charge in [-0.2, -0.15) is 0 Å². The Labute approximate surface area is 72.2 Å². The lowest BCUT2D eigenvalue weighted by Gasteiger charge is -2.03. The Morgan fingerprint density at radius 3 is 2.67 bits per heavy atom. The first-order valence-corrected chi connectivity index (χ1v) is 3.76. The molecule has 0 saturated heterocycles. The normalized spacial score (nSPS) is 9.50. The first-order chi connectivity index (χ1) is 5.79. The van der Waals surface area contributed by atoms with Gasteiger partial charge in [0.15, 0.2) is 0 Å². The van der Waals surface area contributed by atoms with Gasteiger partial charge in [-0.05, 0) is 18.1 Å². The Morgan fingerprint density at radius 2 is 2.08 bits per heavy atom. The number of rotatable bonds is 2. The molecule has 2 heteroatoms. The van der Waals surface area contributed by atoms with Crippen LogP contribution in [0.25, 0.3) is 0 Å². The fourth-order valence-corrected chi connectivity index (χ4v) is 1.04. The van der Waals surface area contributed by atoms with Crippen LogP contribution in [0, 0.1) is 6.42 Å². The topological polar surface area (TPSA) is 26.3 Å². The van der Waals surface area contributed by atoms with Crippen molar-refractivity contribution in [2.75, 3.05) is 7.11 Å². The van der Waals surface area contributed by atoms with Crippen molar-refractivity contribution in [3.8, 4) is 0 Å². The van der Waals surface area contributed by atoms with Crippen LogP contribution in [0.5, 0.6) is 0 Å². The van der Waals surface area contributed by atoms with E-state index in [0.717, 1.165) is 5.56 Å². The van der Waals surface area contributed by atoms with Crippen molar-refractivity contribution < 1.29 is 9.53 Å². The van der Waals surface area contributed by atoms with E-state index in [9.17, 15) is 4.79 Å². The molecule has 1 aromatic carbocycles. The standard InChI is InChI=1S/C10H11O2/c1-3-8-6-4-5-7-9(8)10(11)12-2/h3-7H,1-2H3. The van der Waals surface area contributed by atoms with Gasteiger partial charge in [0.2, 0.25) is 0 Å². The van der Waals surface area contributed by atoms with Gasteiger partial charge in [-0.15, -0.1) is 0 Å². The van der Waals surface area contributed by atoms with Crippen LogP contribution in [0.15, 0.2) is 24.3 Å². The van der Waals surface area contributed by atoms with Gasteiger partial charge in [0.05, 0.1) is 12.7 Å². The summed E-state index contributed by atoms with van der Waals surface area (Å²) in [7, 11) is 1.38. The number of esters is 1. The maximum Gasteiger partial charge on any atom is 0.338 e. The molecule has 0 N–H and O–H groups in total. The summed E-state index contributed by atoms with van der Waals surface area (Å²) in [6.07, 6.45) is 1.88. The summed E-state index contributed by atoms with van der Waals surface area (Å²) in [5, 5.41) is 0. The number of hydrogen-bond acceptors (Lipinski definition) is 2. The van der Waals surface area contributed by atoms with Crippen LogP contribution in [0.3, 0.4) is 0 Å². The first-order valence-electron chi connectivity index (χ1n) is 3.76. The third-order valence-corrected chi connectivity index (χ3v) is 1.68. The molecular weight excluding hydrogens is 152 g/mol. The van der Waals surface area contributed by atoms with Gasteiger partial charge in [-0.1, -0.05) is 25.1 Å². The molecule has 63 valence electrons. The molecule has 2 nitrogen and oxygen atoms in total. The summed E-state index contributed by atoms with van der Waals surface area (Å²) in [5.41, 5.74) is 1.52. The average molecular weight is 163 g/mol. The lowest BCUT2D eigenvalue weighted by Crippen LogP contribution is -2.03. The highest BCUT2D eigenvalue weighted by molar-refractivity contribution is 5.91. The van der Waals surface area contributed by atoms with Crippen molar-refractivity contribution in [3.63, 3.8) is 0 Å². The minimum Gasteiger partial charge on any atom is -0.465 e. The Morgan fingerprint density at radius 1 is 1.42 bits per heavy atom. The molecule has 0 amide bonds. The van der Waals surface area contributed by atoms with E-state index in [1.165, 1.54) is 7.11 Å². The molecule has 0 aliphatic carbocycles. The quantitative estimate of drug-likeness (QED) is 0.624. The Hall–Kier alpha value is -1.31. The second kappa shape index (κ2) is 3.90. The van der Waals surface area contributed by atoms with Crippen LogP contribution < -0.4 is 0 Å². The van der Waals surface area contributed by atoms with Gasteiger partial charge in [-0.3, -0.25) is 0 Å². The van der Waals surface area contributed by atoms with Crippen LogP contribution in [0.1, 0.15) is 22.8 Å². The van der Waals surface area contributed by atoms with E-state index in [4.69, 9.17) is 0 Å². The molecule has 0 unspecified atom stereocenters. The monoisotopic (exact) mass is 163 g/mol. The van der Waals surface area contributed by atoms with E-state index in [1.54, 1.807) is 6.07 Å². The molecular formula is C10H11O2. The zero-order valence-electron chi connectivity index (χ0n) is 7.20. The maximum atomic E-state index is 11.2. The smallest absolute Gasteiger partial charge is 0.338 e. The van der Waals surface area contributed by atoms with E-state index in [1.807, 2.05) is 31.5 Å². The zero-order chi connectivity index (χ0) is 8.97. The summed E-state index contributed by atoms with van der Waals surface area (Å²) in [6.45, 7) is 1.89. The van der Waals surface area contributed by atoms with Crippen molar-refractivity contribution in [2.24, 2.45) is 0 Å². The molecule has 0 heterocycles. The molecule has 0 spiro atoms. The predicted molar refractivity (Wildman–Crippen MR) is 46.9 cm³/mol. The number of benzene rings is 1. The van der Waals surface area contributed by atoms with E-state index in [2.05, 4.69) is 4.74 Å². The molecule has 12 heavy (non-hydrogen) atoms. The van der Waals surface area contributed by atoms with Gasteiger partial charge in [0, 0.05) is 0 Å². The number of methoxy groups -OCH3 is 1.